The molecule has 2 aromatic rings. The molecule has 2 N–H and O–H groups in total. The van der Waals surface area contributed by atoms with E-state index in [1.165, 1.54) is 0 Å². The Morgan fingerprint density at radius 1 is 1.56 bits per heavy atom. The second kappa shape index (κ2) is 5.17. The fourth-order valence-corrected chi connectivity index (χ4v) is 2.49. The third kappa shape index (κ3) is 3.15. The number of hydrogen-bond acceptors (Lipinski definition) is 4. The van der Waals surface area contributed by atoms with E-state index in [2.05, 4.69) is 14.7 Å². The van der Waals surface area contributed by atoms with Gasteiger partial charge in [0, 0.05) is 19.3 Å². The normalized spacial score (nSPS) is 12.1. The van der Waals surface area contributed by atoms with Gasteiger partial charge in [-0.25, -0.2) is 18.1 Å². The summed E-state index contributed by atoms with van der Waals surface area (Å²) >= 11 is 5.20. The molecule has 0 spiro atoms. The molecule has 98 valence electrons. The van der Waals surface area contributed by atoms with Crippen molar-refractivity contribution in [2.24, 2.45) is 0 Å². The summed E-state index contributed by atoms with van der Waals surface area (Å²) in [6, 6.07) is 3.74. The lowest BCUT2D eigenvalue weighted by Gasteiger charge is -2.04. The molecule has 2 aromatic heterocycles. The third-order valence-electron chi connectivity index (χ3n) is 2.45. The molecule has 6 nitrogen and oxygen atoms in total. The standard InChI is InChI=1S/C10H14N4O2S2/c1-18(15,16)12-6-3-7-14-9-8(13-10(14)17)4-2-5-11-9/h2,4-5,12H,3,6-7H2,1H3,(H,13,17). The first-order chi connectivity index (χ1) is 8.47. The van der Waals surface area contributed by atoms with Gasteiger partial charge in [0.05, 0.1) is 11.8 Å². The van der Waals surface area contributed by atoms with Gasteiger partial charge in [0.1, 0.15) is 0 Å². The smallest absolute Gasteiger partial charge is 0.208 e. The van der Waals surface area contributed by atoms with Crippen LogP contribution in [-0.4, -0.2) is 35.8 Å². The molecule has 0 saturated heterocycles. The van der Waals surface area contributed by atoms with Crippen molar-refractivity contribution in [2.75, 3.05) is 12.8 Å². The molecule has 0 aliphatic rings. The minimum Gasteiger partial charge on any atom is -0.329 e. The Hall–Kier alpha value is -1.25. The average Bonchev–Trinajstić information content (AvgIpc) is 2.59. The molecule has 0 aliphatic carbocycles. The van der Waals surface area contributed by atoms with E-state index in [9.17, 15) is 8.42 Å². The Kier molecular flexibility index (Phi) is 3.79. The van der Waals surface area contributed by atoms with Crippen molar-refractivity contribution in [3.63, 3.8) is 0 Å². The lowest BCUT2D eigenvalue weighted by molar-refractivity contribution is 0.576. The predicted octanol–water partition coefficient (Wildman–Crippen LogP) is 1.03. The number of fused-ring (bicyclic) bond motifs is 1. The van der Waals surface area contributed by atoms with Crippen LogP contribution in [0, 0.1) is 4.77 Å². The quantitative estimate of drug-likeness (QED) is 0.635. The topological polar surface area (TPSA) is 79.8 Å². The van der Waals surface area contributed by atoms with E-state index in [-0.39, 0.29) is 0 Å². The summed E-state index contributed by atoms with van der Waals surface area (Å²) in [6.07, 6.45) is 3.51. The molecule has 8 heteroatoms. The van der Waals surface area contributed by atoms with Gasteiger partial charge in [-0.2, -0.15) is 0 Å². The number of nitrogens with zero attached hydrogens (tertiary/aromatic N) is 2. The van der Waals surface area contributed by atoms with Crippen molar-refractivity contribution in [3.8, 4) is 0 Å². The summed E-state index contributed by atoms with van der Waals surface area (Å²) in [5.41, 5.74) is 1.68. The number of pyridine rings is 1. The highest BCUT2D eigenvalue weighted by Crippen LogP contribution is 2.10. The molecular formula is C10H14N4O2S2. The monoisotopic (exact) mass is 286 g/mol. The third-order valence-corrected chi connectivity index (χ3v) is 3.50. The minimum absolute atomic E-state index is 0.389. The Morgan fingerprint density at radius 2 is 2.33 bits per heavy atom. The van der Waals surface area contributed by atoms with Gasteiger partial charge >= 0.3 is 0 Å². The number of aromatic nitrogens is 3. The van der Waals surface area contributed by atoms with E-state index >= 15 is 0 Å². The van der Waals surface area contributed by atoms with Crippen molar-refractivity contribution in [1.29, 1.82) is 0 Å². The fourth-order valence-electron chi connectivity index (χ4n) is 1.69. The number of rotatable bonds is 5. The molecule has 2 rings (SSSR count). The van der Waals surface area contributed by atoms with E-state index < -0.39 is 10.0 Å². The molecule has 0 amide bonds. The maximum atomic E-state index is 10.9. The predicted molar refractivity (Wildman–Crippen MR) is 72.4 cm³/mol. The molecule has 0 radical (unpaired) electrons. The van der Waals surface area contributed by atoms with Crippen molar-refractivity contribution in [1.82, 2.24) is 19.3 Å². The van der Waals surface area contributed by atoms with Crippen molar-refractivity contribution < 1.29 is 8.42 Å². The van der Waals surface area contributed by atoms with Gasteiger partial charge in [-0.1, -0.05) is 0 Å². The molecule has 2 heterocycles. The number of imidazole rings is 1. The summed E-state index contributed by atoms with van der Waals surface area (Å²) < 4.78 is 26.7. The first kappa shape index (κ1) is 13.2. The highest BCUT2D eigenvalue weighted by Gasteiger charge is 2.05. The Labute approximate surface area is 110 Å². The number of aryl methyl sites for hydroxylation is 1. The molecular weight excluding hydrogens is 272 g/mol. The van der Waals surface area contributed by atoms with Gasteiger partial charge in [-0.3, -0.25) is 0 Å². The van der Waals surface area contributed by atoms with E-state index in [1.54, 1.807) is 6.20 Å². The van der Waals surface area contributed by atoms with E-state index in [1.807, 2.05) is 16.7 Å². The van der Waals surface area contributed by atoms with E-state index in [4.69, 9.17) is 12.2 Å². The van der Waals surface area contributed by atoms with Gasteiger partial charge < -0.3 is 9.55 Å². The van der Waals surface area contributed by atoms with Crippen LogP contribution < -0.4 is 4.72 Å². The van der Waals surface area contributed by atoms with Crippen LogP contribution >= 0.6 is 12.2 Å². The fraction of sp³-hybridized carbons (Fsp3) is 0.400. The van der Waals surface area contributed by atoms with E-state index in [0.717, 1.165) is 17.4 Å². The number of nitrogens with one attached hydrogen (secondary N) is 2. The number of sulfonamides is 1. The number of hydrogen-bond donors (Lipinski definition) is 2. The highest BCUT2D eigenvalue weighted by molar-refractivity contribution is 7.88. The van der Waals surface area contributed by atoms with Crippen LogP contribution in [0.2, 0.25) is 0 Å². The van der Waals surface area contributed by atoms with Crippen LogP contribution in [-0.2, 0) is 16.6 Å². The SMILES string of the molecule is CS(=O)(=O)NCCCn1c(=S)[nH]c2cccnc21. The van der Waals surface area contributed by atoms with Crippen LogP contribution in [0.4, 0.5) is 0 Å². The summed E-state index contributed by atoms with van der Waals surface area (Å²) in [6.45, 7) is 1.01. The Bertz CT molecular complexity index is 702. The van der Waals surface area contributed by atoms with Gasteiger partial charge in [0.2, 0.25) is 10.0 Å². The molecule has 0 aromatic carbocycles. The molecule has 0 unspecified atom stereocenters. The first-order valence-electron chi connectivity index (χ1n) is 5.45. The van der Waals surface area contributed by atoms with Crippen LogP contribution in [0.1, 0.15) is 6.42 Å². The first-order valence-corrected chi connectivity index (χ1v) is 7.75. The number of aromatic amines is 1. The minimum atomic E-state index is -3.13. The Morgan fingerprint density at radius 3 is 3.06 bits per heavy atom. The number of H-pyrrole nitrogens is 1. The largest absolute Gasteiger partial charge is 0.329 e. The highest BCUT2D eigenvalue weighted by atomic mass is 32.2. The maximum absolute atomic E-state index is 10.9. The molecule has 0 aliphatic heterocycles. The molecule has 0 bridgehead atoms. The second-order valence-electron chi connectivity index (χ2n) is 3.98. The zero-order chi connectivity index (χ0) is 13.2. The summed E-state index contributed by atoms with van der Waals surface area (Å²) in [5, 5.41) is 0. The van der Waals surface area contributed by atoms with Gasteiger partial charge in [-0.05, 0) is 30.8 Å². The maximum Gasteiger partial charge on any atom is 0.208 e. The van der Waals surface area contributed by atoms with Crippen LogP contribution in [0.15, 0.2) is 18.3 Å². The zero-order valence-electron chi connectivity index (χ0n) is 9.88. The van der Waals surface area contributed by atoms with E-state index in [0.29, 0.717) is 24.3 Å². The van der Waals surface area contributed by atoms with Gasteiger partial charge in [0.15, 0.2) is 10.4 Å². The van der Waals surface area contributed by atoms with Crippen molar-refractivity contribution in [2.45, 2.75) is 13.0 Å². The molecule has 18 heavy (non-hydrogen) atoms. The lowest BCUT2D eigenvalue weighted by atomic mass is 10.4. The van der Waals surface area contributed by atoms with Gasteiger partial charge in [-0.15, -0.1) is 0 Å². The summed E-state index contributed by atoms with van der Waals surface area (Å²) in [4.78, 5) is 7.32. The molecule has 0 fully saturated rings. The second-order valence-corrected chi connectivity index (χ2v) is 6.20. The summed E-state index contributed by atoms with van der Waals surface area (Å²) in [5.74, 6) is 0. The zero-order valence-corrected chi connectivity index (χ0v) is 11.5. The van der Waals surface area contributed by atoms with Crippen molar-refractivity contribution in [3.05, 3.63) is 23.1 Å². The average molecular weight is 286 g/mol. The Balaban J connectivity index is 2.08. The van der Waals surface area contributed by atoms with Crippen LogP contribution in [0.3, 0.4) is 0 Å². The van der Waals surface area contributed by atoms with Crippen molar-refractivity contribution >= 4 is 33.4 Å². The van der Waals surface area contributed by atoms with Gasteiger partial charge in [0.25, 0.3) is 0 Å². The molecule has 0 saturated carbocycles. The van der Waals surface area contributed by atoms with Crippen LogP contribution in [0.25, 0.3) is 11.2 Å². The van der Waals surface area contributed by atoms with Crippen LogP contribution in [0.5, 0.6) is 0 Å². The summed E-state index contributed by atoms with van der Waals surface area (Å²) in [7, 11) is -3.13. The lowest BCUT2D eigenvalue weighted by Crippen LogP contribution is -2.23. The molecule has 0 atom stereocenters.